The van der Waals surface area contributed by atoms with Crippen molar-refractivity contribution < 1.29 is 13.2 Å². The van der Waals surface area contributed by atoms with E-state index in [1.165, 1.54) is 18.2 Å². The quantitative estimate of drug-likeness (QED) is 0.574. The van der Waals surface area contributed by atoms with Crippen molar-refractivity contribution in [2.45, 2.75) is 4.90 Å². The molecule has 0 spiro atoms. The van der Waals surface area contributed by atoms with Crippen LogP contribution in [-0.2, 0) is 11.1 Å². The summed E-state index contributed by atoms with van der Waals surface area (Å²) in [5, 5.41) is -0.148. The molecule has 0 aliphatic carbocycles. The average Bonchev–Trinajstić information content (AvgIpc) is 1.94. The van der Waals surface area contributed by atoms with Gasteiger partial charge in [-0.3, -0.25) is 0 Å². The molecule has 12 heavy (non-hydrogen) atoms. The van der Waals surface area contributed by atoms with Gasteiger partial charge in [-0.05, 0) is 12.1 Å². The fraction of sp³-hybridized carbons (Fsp3) is 0. The summed E-state index contributed by atoms with van der Waals surface area (Å²) in [5.41, 5.74) is 0. The molecule has 0 bridgehead atoms. The smallest absolute Gasteiger partial charge is 0.189 e. The van der Waals surface area contributed by atoms with Crippen LogP contribution in [0, 0.1) is 5.82 Å². The van der Waals surface area contributed by atoms with Crippen LogP contribution in [0.2, 0.25) is 5.02 Å². The zero-order valence-corrected chi connectivity index (χ0v) is 9.82. The van der Waals surface area contributed by atoms with Crippen molar-refractivity contribution in [3.8, 4) is 0 Å². The Morgan fingerprint density at radius 1 is 1.50 bits per heavy atom. The molecule has 0 saturated carbocycles. The van der Waals surface area contributed by atoms with Gasteiger partial charge in [0, 0.05) is 29.6 Å². The first kappa shape index (κ1) is 12.6. The molecule has 61 valence electrons. The Hall–Kier alpha value is 0.550. The SMILES string of the molecule is O=S(O)c1cccc(Cl)c1F.[Na]. The zero-order valence-electron chi connectivity index (χ0n) is 6.25. The van der Waals surface area contributed by atoms with Gasteiger partial charge in [0.2, 0.25) is 0 Å². The van der Waals surface area contributed by atoms with Crippen LogP contribution in [0.15, 0.2) is 23.1 Å². The van der Waals surface area contributed by atoms with Crippen molar-refractivity contribution in [1.82, 2.24) is 0 Å². The first-order chi connectivity index (χ1) is 5.13. The topological polar surface area (TPSA) is 37.3 Å². The summed E-state index contributed by atoms with van der Waals surface area (Å²) in [7, 11) is 0. The molecule has 1 N–H and O–H groups in total. The summed E-state index contributed by atoms with van der Waals surface area (Å²) in [5.74, 6) is -0.838. The maximum Gasteiger partial charge on any atom is 0.189 e. The summed E-state index contributed by atoms with van der Waals surface area (Å²) >= 11 is 3.03. The number of benzene rings is 1. The average molecular weight is 218 g/mol. The van der Waals surface area contributed by atoms with E-state index < -0.39 is 16.9 Å². The third-order valence-corrected chi connectivity index (χ3v) is 2.09. The second kappa shape index (κ2) is 5.32. The maximum absolute atomic E-state index is 12.8. The number of hydrogen-bond donors (Lipinski definition) is 1. The maximum atomic E-state index is 12.8. The number of halogens is 2. The molecule has 1 unspecified atom stereocenters. The van der Waals surface area contributed by atoms with Crippen molar-refractivity contribution >= 4 is 52.2 Å². The molecule has 1 aromatic carbocycles. The van der Waals surface area contributed by atoms with Gasteiger partial charge in [0.15, 0.2) is 16.9 Å². The molecular formula is C6H4ClFNaO2S. The largest absolute Gasteiger partial charge is 0.302 e. The molecule has 0 saturated heterocycles. The Kier molecular flexibility index (Phi) is 5.56. The number of hydrogen-bond acceptors (Lipinski definition) is 1. The van der Waals surface area contributed by atoms with E-state index in [0.29, 0.717) is 0 Å². The van der Waals surface area contributed by atoms with Crippen LogP contribution in [0.25, 0.3) is 0 Å². The van der Waals surface area contributed by atoms with E-state index in [9.17, 15) is 8.60 Å². The summed E-state index contributed by atoms with van der Waals surface area (Å²) in [6, 6.07) is 3.93. The van der Waals surface area contributed by atoms with E-state index in [1.807, 2.05) is 0 Å². The van der Waals surface area contributed by atoms with E-state index in [2.05, 4.69) is 0 Å². The number of rotatable bonds is 1. The molecule has 0 aromatic heterocycles. The molecule has 0 amide bonds. The van der Waals surface area contributed by atoms with Crippen LogP contribution in [0.1, 0.15) is 0 Å². The van der Waals surface area contributed by atoms with Crippen LogP contribution in [0.3, 0.4) is 0 Å². The van der Waals surface area contributed by atoms with Gasteiger partial charge in [-0.2, -0.15) is 0 Å². The van der Waals surface area contributed by atoms with Gasteiger partial charge in [0.1, 0.15) is 4.90 Å². The van der Waals surface area contributed by atoms with E-state index >= 15 is 0 Å². The minimum Gasteiger partial charge on any atom is -0.302 e. The standard InChI is InChI=1S/C6H4ClFO2S.Na/c7-4-2-1-3-5(6(4)8)11(9)10;/h1-3H,(H,9,10);. The van der Waals surface area contributed by atoms with Crippen LogP contribution in [-0.4, -0.2) is 38.3 Å². The van der Waals surface area contributed by atoms with Crippen LogP contribution < -0.4 is 0 Å². The van der Waals surface area contributed by atoms with E-state index in [1.54, 1.807) is 0 Å². The van der Waals surface area contributed by atoms with Gasteiger partial charge in [-0.15, -0.1) is 0 Å². The van der Waals surface area contributed by atoms with Crippen LogP contribution in [0.5, 0.6) is 0 Å². The summed E-state index contributed by atoms with van der Waals surface area (Å²) in [4.78, 5) is -0.294. The first-order valence-electron chi connectivity index (χ1n) is 2.68. The van der Waals surface area contributed by atoms with Gasteiger partial charge < -0.3 is 4.55 Å². The monoisotopic (exact) mass is 217 g/mol. The van der Waals surface area contributed by atoms with Gasteiger partial charge in [0.05, 0.1) is 5.02 Å². The van der Waals surface area contributed by atoms with E-state index in [0.717, 1.165) is 0 Å². The molecule has 1 rings (SSSR count). The molecule has 1 aromatic rings. The van der Waals surface area contributed by atoms with Gasteiger partial charge in [0.25, 0.3) is 0 Å². The molecule has 1 radical (unpaired) electrons. The van der Waals surface area contributed by atoms with Crippen molar-refractivity contribution in [3.05, 3.63) is 29.0 Å². The van der Waals surface area contributed by atoms with Gasteiger partial charge in [-0.1, -0.05) is 17.7 Å². The molecule has 1 atom stereocenters. The second-order valence-corrected chi connectivity index (χ2v) is 3.15. The Labute approximate surface area is 98.7 Å². The Balaban J connectivity index is 0.00000121. The Bertz CT molecular complexity index is 308. The Morgan fingerprint density at radius 3 is 2.50 bits per heavy atom. The normalized spacial score (nSPS) is 11.9. The first-order valence-corrected chi connectivity index (χ1v) is 4.16. The molecule has 0 fully saturated rings. The van der Waals surface area contributed by atoms with Crippen LogP contribution >= 0.6 is 11.6 Å². The summed E-state index contributed by atoms with van der Waals surface area (Å²) < 4.78 is 31.7. The van der Waals surface area contributed by atoms with E-state index in [4.69, 9.17) is 16.2 Å². The summed E-state index contributed by atoms with van der Waals surface area (Å²) in [6.45, 7) is 0. The molecule has 0 aliphatic rings. The minimum absolute atomic E-state index is 0. The fourth-order valence-corrected chi connectivity index (χ4v) is 1.31. The van der Waals surface area contributed by atoms with Crippen molar-refractivity contribution in [2.75, 3.05) is 0 Å². The molecule has 6 heteroatoms. The summed E-state index contributed by atoms with van der Waals surface area (Å²) in [6.07, 6.45) is 0. The van der Waals surface area contributed by atoms with Crippen molar-refractivity contribution in [1.29, 1.82) is 0 Å². The van der Waals surface area contributed by atoms with E-state index in [-0.39, 0.29) is 39.5 Å². The predicted molar refractivity (Wildman–Crippen MR) is 46.2 cm³/mol. The molecular weight excluding hydrogens is 214 g/mol. The third-order valence-electron chi connectivity index (χ3n) is 1.10. The molecule has 0 aliphatic heterocycles. The predicted octanol–water partition coefficient (Wildman–Crippen LogP) is 1.68. The zero-order chi connectivity index (χ0) is 8.43. The Morgan fingerprint density at radius 2 is 2.08 bits per heavy atom. The van der Waals surface area contributed by atoms with Gasteiger partial charge in [-0.25, -0.2) is 8.60 Å². The minimum atomic E-state index is -2.31. The van der Waals surface area contributed by atoms with Crippen molar-refractivity contribution in [3.63, 3.8) is 0 Å². The molecule has 2 nitrogen and oxygen atoms in total. The van der Waals surface area contributed by atoms with Gasteiger partial charge >= 0.3 is 0 Å². The fourth-order valence-electron chi connectivity index (χ4n) is 0.619. The third kappa shape index (κ3) is 2.80. The molecule has 0 heterocycles. The van der Waals surface area contributed by atoms with Crippen LogP contribution in [0.4, 0.5) is 4.39 Å². The second-order valence-electron chi connectivity index (χ2n) is 1.80. The van der Waals surface area contributed by atoms with Crippen molar-refractivity contribution in [2.24, 2.45) is 0 Å².